The number of halogens is 4. The molecule has 2 rings (SSSR count). The highest BCUT2D eigenvalue weighted by molar-refractivity contribution is 9.09. The maximum Gasteiger partial charge on any atom is 0.452 e. The third-order valence-electron chi connectivity index (χ3n) is 2.81. The van der Waals surface area contributed by atoms with E-state index in [9.17, 15) is 13.2 Å². The second kappa shape index (κ2) is 4.72. The van der Waals surface area contributed by atoms with Gasteiger partial charge < -0.3 is 4.90 Å². The Morgan fingerprint density at radius 2 is 2.18 bits per heavy atom. The molecule has 2 atom stereocenters. The number of hydrogen-bond acceptors (Lipinski definition) is 4. The minimum absolute atomic E-state index is 0.287. The zero-order valence-electron chi connectivity index (χ0n) is 9.04. The smallest absolute Gasteiger partial charge is 0.346 e. The third kappa shape index (κ3) is 2.90. The van der Waals surface area contributed by atoms with Crippen LogP contribution in [0.15, 0.2) is 0 Å². The van der Waals surface area contributed by atoms with Gasteiger partial charge in [0, 0.05) is 29.4 Å². The van der Waals surface area contributed by atoms with E-state index in [1.807, 2.05) is 4.90 Å². The lowest BCUT2D eigenvalue weighted by Crippen LogP contribution is -2.40. The second-order valence-corrected chi connectivity index (χ2v) is 6.03. The van der Waals surface area contributed by atoms with Gasteiger partial charge >= 0.3 is 6.18 Å². The van der Waals surface area contributed by atoms with Gasteiger partial charge in [0.1, 0.15) is 0 Å². The van der Waals surface area contributed by atoms with E-state index >= 15 is 0 Å². The lowest BCUT2D eigenvalue weighted by atomic mass is 10.00. The van der Waals surface area contributed by atoms with Crippen LogP contribution in [0.5, 0.6) is 0 Å². The highest BCUT2D eigenvalue weighted by atomic mass is 79.9. The van der Waals surface area contributed by atoms with Gasteiger partial charge in [-0.25, -0.2) is 0 Å². The van der Waals surface area contributed by atoms with Crippen molar-refractivity contribution < 1.29 is 13.2 Å². The molecule has 0 spiro atoms. The summed E-state index contributed by atoms with van der Waals surface area (Å²) in [6, 6.07) is 0. The van der Waals surface area contributed by atoms with Gasteiger partial charge in [-0.3, -0.25) is 0 Å². The molecule has 0 aliphatic carbocycles. The van der Waals surface area contributed by atoms with Crippen LogP contribution in [0.3, 0.4) is 0 Å². The molecular weight excluding hydrogens is 319 g/mol. The van der Waals surface area contributed by atoms with Crippen molar-refractivity contribution in [2.24, 2.45) is 5.92 Å². The predicted octanol–water partition coefficient (Wildman–Crippen LogP) is 3.17. The summed E-state index contributed by atoms with van der Waals surface area (Å²) in [4.78, 5) is 5.69. The van der Waals surface area contributed by atoms with Crippen molar-refractivity contribution in [2.75, 3.05) is 18.0 Å². The van der Waals surface area contributed by atoms with E-state index in [0.29, 0.717) is 17.6 Å². The van der Waals surface area contributed by atoms with Crippen LogP contribution in [-0.2, 0) is 6.18 Å². The Labute approximate surface area is 109 Å². The van der Waals surface area contributed by atoms with E-state index in [0.717, 1.165) is 24.5 Å². The Morgan fingerprint density at radius 1 is 1.47 bits per heavy atom. The first-order chi connectivity index (χ1) is 7.88. The number of alkyl halides is 4. The molecule has 3 nitrogen and oxygen atoms in total. The van der Waals surface area contributed by atoms with Gasteiger partial charge in [-0.15, -0.1) is 0 Å². The van der Waals surface area contributed by atoms with Crippen LogP contribution in [0.4, 0.5) is 18.3 Å². The lowest BCUT2D eigenvalue weighted by Gasteiger charge is -2.33. The van der Waals surface area contributed by atoms with Gasteiger partial charge in [0.2, 0.25) is 11.0 Å². The van der Waals surface area contributed by atoms with Gasteiger partial charge in [-0.05, 0) is 12.3 Å². The fourth-order valence-electron chi connectivity index (χ4n) is 1.65. The molecule has 2 heterocycles. The van der Waals surface area contributed by atoms with Gasteiger partial charge in [-0.2, -0.15) is 22.5 Å². The first-order valence-corrected chi connectivity index (χ1v) is 6.86. The summed E-state index contributed by atoms with van der Waals surface area (Å²) in [5.74, 6) is -0.511. The maximum atomic E-state index is 12.4. The normalized spacial score (nSPS) is 26.3. The summed E-state index contributed by atoms with van der Waals surface area (Å²) in [7, 11) is 0. The number of anilines is 1. The standard InChI is InChI=1S/C9H11BrF3N3S/c1-5-2-3-16(4-6(5)10)8-14-7(15-17-8)9(11,12)13/h5-6H,2-4H2,1H3. The molecule has 1 aromatic rings. The molecule has 0 bridgehead atoms. The summed E-state index contributed by atoms with van der Waals surface area (Å²) < 4.78 is 40.4. The molecule has 96 valence electrons. The van der Waals surface area contributed by atoms with Crippen LogP contribution < -0.4 is 4.90 Å². The largest absolute Gasteiger partial charge is 0.452 e. The second-order valence-electron chi connectivity index (χ2n) is 4.13. The molecule has 1 aliphatic heterocycles. The fourth-order valence-corrected chi connectivity index (χ4v) is 2.99. The van der Waals surface area contributed by atoms with Crippen molar-refractivity contribution in [3.8, 4) is 0 Å². The van der Waals surface area contributed by atoms with E-state index in [2.05, 4.69) is 32.2 Å². The number of nitrogens with zero attached hydrogens (tertiary/aromatic N) is 3. The number of rotatable bonds is 1. The molecule has 1 aliphatic rings. The fraction of sp³-hybridized carbons (Fsp3) is 0.778. The minimum Gasteiger partial charge on any atom is -0.346 e. The quantitative estimate of drug-likeness (QED) is 0.741. The van der Waals surface area contributed by atoms with Crippen molar-refractivity contribution in [1.29, 1.82) is 0 Å². The van der Waals surface area contributed by atoms with E-state index in [1.165, 1.54) is 0 Å². The zero-order chi connectivity index (χ0) is 12.6. The van der Waals surface area contributed by atoms with Crippen molar-refractivity contribution in [3.63, 3.8) is 0 Å². The van der Waals surface area contributed by atoms with Crippen molar-refractivity contribution in [1.82, 2.24) is 9.36 Å². The molecule has 0 aromatic carbocycles. The summed E-state index contributed by atoms with van der Waals surface area (Å²) >= 11 is 4.34. The molecule has 2 unspecified atom stereocenters. The summed E-state index contributed by atoms with van der Waals surface area (Å²) in [6.45, 7) is 3.53. The zero-order valence-corrected chi connectivity index (χ0v) is 11.4. The van der Waals surface area contributed by atoms with E-state index < -0.39 is 12.0 Å². The van der Waals surface area contributed by atoms with Crippen LogP contribution in [0.1, 0.15) is 19.2 Å². The van der Waals surface area contributed by atoms with Crippen LogP contribution in [-0.4, -0.2) is 27.3 Å². The average Bonchev–Trinajstić information content (AvgIpc) is 2.70. The molecule has 8 heteroatoms. The highest BCUT2D eigenvalue weighted by Gasteiger charge is 2.37. The van der Waals surface area contributed by atoms with Gasteiger partial charge in [0.25, 0.3) is 0 Å². The summed E-state index contributed by atoms with van der Waals surface area (Å²) in [5, 5.41) is 0.355. The van der Waals surface area contributed by atoms with Crippen LogP contribution in [0, 0.1) is 5.92 Å². The van der Waals surface area contributed by atoms with E-state index in [-0.39, 0.29) is 4.83 Å². The van der Waals surface area contributed by atoms with Gasteiger partial charge in [0.15, 0.2) is 0 Å². The molecule has 0 amide bonds. The SMILES string of the molecule is CC1CCN(c2nc(C(F)(F)F)ns2)CC1Br. The van der Waals surface area contributed by atoms with Crippen LogP contribution >= 0.6 is 27.5 Å². The Kier molecular flexibility index (Phi) is 3.63. The Hall–Kier alpha value is -0.370. The Balaban J connectivity index is 2.11. The van der Waals surface area contributed by atoms with Crippen molar-refractivity contribution in [2.45, 2.75) is 24.3 Å². The Bertz CT molecular complexity index is 395. The molecule has 1 aromatic heterocycles. The summed E-state index contributed by atoms with van der Waals surface area (Å²) in [5.41, 5.74) is 0. The molecule has 0 radical (unpaired) electrons. The van der Waals surface area contributed by atoms with E-state index in [1.54, 1.807) is 0 Å². The minimum atomic E-state index is -4.45. The average molecular weight is 330 g/mol. The van der Waals surface area contributed by atoms with Crippen LogP contribution in [0.2, 0.25) is 0 Å². The highest BCUT2D eigenvalue weighted by Crippen LogP contribution is 2.32. The monoisotopic (exact) mass is 329 g/mol. The molecule has 0 saturated carbocycles. The Morgan fingerprint density at radius 3 is 2.71 bits per heavy atom. The lowest BCUT2D eigenvalue weighted by molar-refractivity contribution is -0.144. The number of hydrogen-bond donors (Lipinski definition) is 0. The van der Waals surface area contributed by atoms with Crippen molar-refractivity contribution in [3.05, 3.63) is 5.82 Å². The first-order valence-electron chi connectivity index (χ1n) is 5.18. The molecule has 0 N–H and O–H groups in total. The molecule has 17 heavy (non-hydrogen) atoms. The third-order valence-corrected chi connectivity index (χ3v) is 4.78. The predicted molar refractivity (Wildman–Crippen MR) is 63.6 cm³/mol. The van der Waals surface area contributed by atoms with E-state index in [4.69, 9.17) is 0 Å². The maximum absolute atomic E-state index is 12.4. The van der Waals surface area contributed by atoms with Crippen molar-refractivity contribution >= 4 is 32.6 Å². The number of piperidine rings is 1. The topological polar surface area (TPSA) is 29.0 Å². The van der Waals surface area contributed by atoms with Gasteiger partial charge in [-0.1, -0.05) is 22.9 Å². The summed E-state index contributed by atoms with van der Waals surface area (Å²) in [6.07, 6.45) is -3.51. The number of aromatic nitrogens is 2. The first kappa shape index (κ1) is 13.1. The van der Waals surface area contributed by atoms with Gasteiger partial charge in [0.05, 0.1) is 0 Å². The van der Waals surface area contributed by atoms with Crippen LogP contribution in [0.25, 0.3) is 0 Å². The molecule has 1 fully saturated rings. The molecule has 1 saturated heterocycles. The molecular formula is C9H11BrF3N3S.